The van der Waals surface area contributed by atoms with Crippen molar-refractivity contribution in [3.05, 3.63) is 125 Å². The van der Waals surface area contributed by atoms with Gasteiger partial charge in [0.2, 0.25) is 0 Å². The second-order valence-electron chi connectivity index (χ2n) is 18.4. The molecule has 5 heteroatoms. The van der Waals surface area contributed by atoms with Crippen LogP contribution in [0.3, 0.4) is 0 Å². The molecule has 0 radical (unpaired) electrons. The third-order valence-corrected chi connectivity index (χ3v) is 14.8. The molecule has 5 aromatic rings. The van der Waals surface area contributed by atoms with Crippen molar-refractivity contribution < 1.29 is 0 Å². The van der Waals surface area contributed by atoms with Gasteiger partial charge in [0.15, 0.2) is 28.8 Å². The molecule has 0 amide bonds. The predicted octanol–water partition coefficient (Wildman–Crippen LogP) is 12.6. The van der Waals surface area contributed by atoms with Crippen molar-refractivity contribution in [3.63, 3.8) is 0 Å². The fourth-order valence-corrected chi connectivity index (χ4v) is 13.4. The van der Waals surface area contributed by atoms with Crippen molar-refractivity contribution in [2.75, 3.05) is 0 Å². The van der Waals surface area contributed by atoms with Crippen LogP contribution in [-0.2, 0) is 10.8 Å². The van der Waals surface area contributed by atoms with Gasteiger partial charge in [0.05, 0.1) is 13.1 Å². The average molecular weight is 704 g/mol. The lowest BCUT2D eigenvalue weighted by atomic mass is 9.48. The van der Waals surface area contributed by atoms with Gasteiger partial charge in [0, 0.05) is 16.7 Å². The Kier molecular flexibility index (Phi) is 7.30. The minimum atomic E-state index is 0.198. The van der Waals surface area contributed by atoms with Gasteiger partial charge < -0.3 is 0 Å². The van der Waals surface area contributed by atoms with Crippen molar-refractivity contribution in [3.8, 4) is 45.3 Å². The van der Waals surface area contributed by atoms with Crippen molar-refractivity contribution in [2.45, 2.75) is 87.9 Å². The Labute approximate surface area is 319 Å². The molecule has 8 fully saturated rings. The van der Waals surface area contributed by atoms with Crippen LogP contribution in [0.1, 0.15) is 88.2 Å². The molecule has 13 rings (SSSR count). The van der Waals surface area contributed by atoms with Crippen LogP contribution in [0.15, 0.2) is 91.0 Å². The molecule has 1 aromatic heterocycles. The van der Waals surface area contributed by atoms with Crippen LogP contribution in [-0.4, -0.2) is 15.0 Å². The van der Waals surface area contributed by atoms with Crippen LogP contribution in [0.5, 0.6) is 0 Å². The molecule has 5 nitrogen and oxygen atoms in total. The van der Waals surface area contributed by atoms with Gasteiger partial charge >= 0.3 is 0 Å². The zero-order chi connectivity index (χ0) is 36.0. The number of nitrogens with zero attached hydrogens (tertiary/aromatic N) is 5. The maximum atomic E-state index is 7.67. The first kappa shape index (κ1) is 32.3. The Hall–Kier alpha value is -5.13. The Morgan fingerprint density at radius 1 is 0.407 bits per heavy atom. The van der Waals surface area contributed by atoms with Crippen LogP contribution >= 0.6 is 0 Å². The lowest BCUT2D eigenvalue weighted by Crippen LogP contribution is -2.48. The Morgan fingerprint density at radius 2 is 0.796 bits per heavy atom. The normalized spacial score (nSPS) is 31.3. The van der Waals surface area contributed by atoms with Crippen LogP contribution in [0.4, 0.5) is 11.4 Å². The Morgan fingerprint density at radius 3 is 1.28 bits per heavy atom. The monoisotopic (exact) mass is 703 g/mol. The standard InChI is InChI=1S/C49H45N5/c1-50-43-10-4-7-37(22-43)45-52-46(38-8-5-11-44(23-38)51-2)54-47(53-45)40-18-39(20-42(21-40)49-27-33-15-34(28-49)17-35(16-33)29-49)36-6-3-9-41(19-36)48-24-30-12-31(25-48)14-32(13-30)26-48/h3-11,18-23,30-35H,12-17,24-29H2. The molecule has 54 heavy (non-hydrogen) atoms. The molecular weight excluding hydrogens is 659 g/mol. The molecule has 8 aliphatic carbocycles. The van der Waals surface area contributed by atoms with Gasteiger partial charge in [-0.25, -0.2) is 24.6 Å². The lowest BCUT2D eigenvalue weighted by Gasteiger charge is -2.57. The van der Waals surface area contributed by atoms with E-state index >= 15 is 0 Å². The number of hydrogen-bond donors (Lipinski definition) is 0. The van der Waals surface area contributed by atoms with Crippen LogP contribution in [0, 0.1) is 48.7 Å². The van der Waals surface area contributed by atoms with E-state index in [2.05, 4.69) is 52.2 Å². The van der Waals surface area contributed by atoms with Crippen molar-refractivity contribution >= 4 is 11.4 Å². The van der Waals surface area contributed by atoms with Gasteiger partial charge in [0.25, 0.3) is 0 Å². The van der Waals surface area contributed by atoms with E-state index < -0.39 is 0 Å². The fourth-order valence-electron chi connectivity index (χ4n) is 13.4. The topological polar surface area (TPSA) is 47.4 Å². The highest BCUT2D eigenvalue weighted by atomic mass is 15.0. The minimum Gasteiger partial charge on any atom is -0.238 e. The highest BCUT2D eigenvalue weighted by Crippen LogP contribution is 2.62. The van der Waals surface area contributed by atoms with E-state index in [-0.39, 0.29) is 5.41 Å². The molecule has 8 saturated carbocycles. The molecule has 0 spiro atoms. The van der Waals surface area contributed by atoms with Crippen molar-refractivity contribution in [1.29, 1.82) is 0 Å². The summed E-state index contributed by atoms with van der Waals surface area (Å²) in [6.45, 7) is 15.3. The number of aromatic nitrogens is 3. The van der Waals surface area contributed by atoms with Gasteiger partial charge in [0.1, 0.15) is 0 Å². The second kappa shape index (κ2) is 12.2. The number of benzene rings is 4. The molecule has 266 valence electrons. The third-order valence-electron chi connectivity index (χ3n) is 14.8. The molecule has 0 saturated heterocycles. The van der Waals surface area contributed by atoms with E-state index in [1.807, 2.05) is 48.5 Å². The van der Waals surface area contributed by atoms with E-state index in [0.717, 1.165) is 52.2 Å². The zero-order valence-electron chi connectivity index (χ0n) is 30.8. The van der Waals surface area contributed by atoms with Gasteiger partial charge in [-0.1, -0.05) is 66.7 Å². The molecule has 0 atom stereocenters. The molecule has 0 unspecified atom stereocenters. The molecule has 1 heterocycles. The summed E-state index contributed by atoms with van der Waals surface area (Å²) >= 11 is 0. The van der Waals surface area contributed by atoms with Gasteiger partial charge in [-0.2, -0.15) is 0 Å². The maximum Gasteiger partial charge on any atom is 0.187 e. The molecule has 4 aromatic carbocycles. The molecular formula is C49H45N5. The molecule has 8 bridgehead atoms. The van der Waals surface area contributed by atoms with Gasteiger partial charge in [-0.3, -0.25) is 0 Å². The van der Waals surface area contributed by atoms with Crippen LogP contribution in [0.25, 0.3) is 55.0 Å². The zero-order valence-corrected chi connectivity index (χ0v) is 30.8. The smallest absolute Gasteiger partial charge is 0.187 e. The highest BCUT2D eigenvalue weighted by Gasteiger charge is 2.53. The quantitative estimate of drug-likeness (QED) is 0.165. The third kappa shape index (κ3) is 5.42. The maximum absolute atomic E-state index is 7.67. The van der Waals surface area contributed by atoms with Gasteiger partial charge in [-0.05, 0) is 170 Å². The number of rotatable bonds is 6. The summed E-state index contributed by atoms with van der Waals surface area (Å²) in [5.74, 6) is 6.95. The summed E-state index contributed by atoms with van der Waals surface area (Å²) < 4.78 is 0. The second-order valence-corrected chi connectivity index (χ2v) is 18.4. The summed E-state index contributed by atoms with van der Waals surface area (Å²) in [7, 11) is 0. The first-order chi connectivity index (χ1) is 26.4. The number of hydrogen-bond acceptors (Lipinski definition) is 3. The Bertz CT molecular complexity index is 2260. The SMILES string of the molecule is [C-]#[N+]c1cccc(-c2nc(-c3cccc([N+]#[C-])c3)nc(-c3cc(-c4cccc(C56CC7CC(CC(C7)C5)C6)c4)cc(C45CC6CC(CC(C6)C4)C5)c3)n2)c1. The Balaban J connectivity index is 1.09. The summed E-state index contributed by atoms with van der Waals surface area (Å²) in [5, 5.41) is 0. The van der Waals surface area contributed by atoms with E-state index in [4.69, 9.17) is 28.1 Å². The van der Waals surface area contributed by atoms with Crippen molar-refractivity contribution in [1.82, 2.24) is 15.0 Å². The van der Waals surface area contributed by atoms with E-state index in [0.29, 0.717) is 34.3 Å². The predicted molar refractivity (Wildman–Crippen MR) is 214 cm³/mol. The fraction of sp³-hybridized carbons (Fsp3) is 0.408. The first-order valence-electron chi connectivity index (χ1n) is 20.4. The van der Waals surface area contributed by atoms with Gasteiger partial charge in [-0.15, -0.1) is 0 Å². The highest BCUT2D eigenvalue weighted by molar-refractivity contribution is 5.75. The van der Waals surface area contributed by atoms with Crippen molar-refractivity contribution in [2.24, 2.45) is 35.5 Å². The lowest BCUT2D eigenvalue weighted by molar-refractivity contribution is -0.00534. The van der Waals surface area contributed by atoms with Crippen LogP contribution < -0.4 is 0 Å². The molecule has 0 aliphatic heterocycles. The van der Waals surface area contributed by atoms with E-state index in [1.54, 1.807) is 5.56 Å². The summed E-state index contributed by atoms with van der Waals surface area (Å²) in [4.78, 5) is 22.8. The summed E-state index contributed by atoms with van der Waals surface area (Å²) in [5.41, 5.74) is 9.82. The summed E-state index contributed by atoms with van der Waals surface area (Å²) in [6.07, 6.45) is 16.5. The van der Waals surface area contributed by atoms with Crippen LogP contribution in [0.2, 0.25) is 0 Å². The minimum absolute atomic E-state index is 0.198. The molecule has 8 aliphatic rings. The van der Waals surface area contributed by atoms with E-state index in [9.17, 15) is 0 Å². The van der Waals surface area contributed by atoms with E-state index in [1.165, 1.54) is 93.7 Å². The largest absolute Gasteiger partial charge is 0.238 e. The molecule has 0 N–H and O–H groups in total. The summed E-state index contributed by atoms with van der Waals surface area (Å²) in [6, 6.07) is 32.1. The first-order valence-corrected chi connectivity index (χ1v) is 20.4. The average Bonchev–Trinajstić information content (AvgIpc) is 3.19.